The molecule has 56 valence electrons. The standard InChI is InChI=1S/C5H14N2OS/c1-5(2)8-4-3-7-9-6/h5,7H,3-4,6H2,1-2H3. The van der Waals surface area contributed by atoms with Gasteiger partial charge < -0.3 is 4.74 Å². The first-order valence-corrected chi connectivity index (χ1v) is 3.85. The molecule has 9 heavy (non-hydrogen) atoms. The van der Waals surface area contributed by atoms with Crippen molar-refractivity contribution in [1.29, 1.82) is 0 Å². The van der Waals surface area contributed by atoms with Crippen molar-refractivity contribution in [2.75, 3.05) is 13.2 Å². The second kappa shape index (κ2) is 6.35. The summed E-state index contributed by atoms with van der Waals surface area (Å²) in [7, 11) is 0. The zero-order chi connectivity index (χ0) is 7.11. The Morgan fingerprint density at radius 1 is 1.67 bits per heavy atom. The molecule has 0 aliphatic carbocycles. The normalized spacial score (nSPS) is 10.7. The molecule has 0 atom stereocenters. The van der Waals surface area contributed by atoms with E-state index in [2.05, 4.69) is 4.72 Å². The quantitative estimate of drug-likeness (QED) is 0.443. The van der Waals surface area contributed by atoms with Gasteiger partial charge in [-0.15, -0.1) is 0 Å². The van der Waals surface area contributed by atoms with Gasteiger partial charge in [0.05, 0.1) is 12.7 Å². The lowest BCUT2D eigenvalue weighted by molar-refractivity contribution is 0.0837. The SMILES string of the molecule is CC(C)OCCNSN. The number of ether oxygens (including phenoxy) is 1. The van der Waals surface area contributed by atoms with Crippen LogP contribution in [0.5, 0.6) is 0 Å². The molecule has 4 heteroatoms. The van der Waals surface area contributed by atoms with Crippen LogP contribution in [0.15, 0.2) is 0 Å². The van der Waals surface area contributed by atoms with E-state index in [9.17, 15) is 0 Å². The second-order valence-electron chi connectivity index (χ2n) is 1.93. The molecule has 0 aromatic heterocycles. The molecule has 0 aromatic rings. The number of rotatable bonds is 5. The maximum atomic E-state index is 5.21. The maximum Gasteiger partial charge on any atom is 0.0604 e. The highest BCUT2D eigenvalue weighted by Gasteiger charge is 1.90. The summed E-state index contributed by atoms with van der Waals surface area (Å²) < 4.78 is 8.09. The van der Waals surface area contributed by atoms with Crippen LogP contribution in [0.3, 0.4) is 0 Å². The van der Waals surface area contributed by atoms with E-state index in [-0.39, 0.29) is 0 Å². The molecule has 0 radical (unpaired) electrons. The van der Waals surface area contributed by atoms with Crippen LogP contribution >= 0.6 is 12.1 Å². The average Bonchev–Trinajstić information content (AvgIpc) is 1.80. The Bertz CT molecular complexity index is 60.9. The van der Waals surface area contributed by atoms with Gasteiger partial charge in [0.2, 0.25) is 0 Å². The molecule has 0 spiro atoms. The highest BCUT2D eigenvalue weighted by Crippen LogP contribution is 1.85. The molecule has 0 bridgehead atoms. The van der Waals surface area contributed by atoms with E-state index in [1.54, 1.807) is 0 Å². The summed E-state index contributed by atoms with van der Waals surface area (Å²) in [4.78, 5) is 0. The molecule has 0 aromatic carbocycles. The molecule has 0 rings (SSSR count). The lowest BCUT2D eigenvalue weighted by Gasteiger charge is -2.05. The summed E-state index contributed by atoms with van der Waals surface area (Å²) in [6.45, 7) is 5.55. The van der Waals surface area contributed by atoms with Crippen LogP contribution in [0.4, 0.5) is 0 Å². The van der Waals surface area contributed by atoms with Crippen molar-refractivity contribution >= 4 is 12.1 Å². The first-order chi connectivity index (χ1) is 4.27. The smallest absolute Gasteiger partial charge is 0.0604 e. The van der Waals surface area contributed by atoms with E-state index in [0.717, 1.165) is 25.3 Å². The first-order valence-electron chi connectivity index (χ1n) is 2.97. The van der Waals surface area contributed by atoms with E-state index in [0.29, 0.717) is 6.10 Å². The molecule has 0 amide bonds. The predicted octanol–water partition coefficient (Wildman–Crippen LogP) is 0.523. The summed E-state index contributed by atoms with van der Waals surface area (Å²) in [5, 5.41) is 5.10. The average molecular weight is 150 g/mol. The fourth-order valence-electron chi connectivity index (χ4n) is 0.395. The van der Waals surface area contributed by atoms with E-state index < -0.39 is 0 Å². The van der Waals surface area contributed by atoms with Crippen LogP contribution < -0.4 is 9.86 Å². The van der Waals surface area contributed by atoms with Gasteiger partial charge >= 0.3 is 0 Å². The van der Waals surface area contributed by atoms with E-state index in [1.807, 2.05) is 13.8 Å². The Morgan fingerprint density at radius 2 is 2.33 bits per heavy atom. The first kappa shape index (κ1) is 9.23. The summed E-state index contributed by atoms with van der Waals surface area (Å²) >= 11 is 1.12. The van der Waals surface area contributed by atoms with E-state index >= 15 is 0 Å². The van der Waals surface area contributed by atoms with Crippen LogP contribution in [0, 0.1) is 0 Å². The van der Waals surface area contributed by atoms with Crippen LogP contribution in [-0.4, -0.2) is 19.3 Å². The molecule has 0 unspecified atom stereocenters. The lowest BCUT2D eigenvalue weighted by atomic mass is 10.5. The van der Waals surface area contributed by atoms with Gasteiger partial charge in [-0.1, -0.05) is 0 Å². The third-order valence-corrected chi connectivity index (χ3v) is 1.11. The third-order valence-electron chi connectivity index (χ3n) is 0.739. The van der Waals surface area contributed by atoms with Crippen molar-refractivity contribution in [2.24, 2.45) is 5.14 Å². The Balaban J connectivity index is 2.75. The summed E-state index contributed by atoms with van der Waals surface area (Å²) in [5.74, 6) is 0. The number of hydrogen-bond acceptors (Lipinski definition) is 4. The Hall–Kier alpha value is 0.230. The monoisotopic (exact) mass is 150 g/mol. The van der Waals surface area contributed by atoms with Gasteiger partial charge in [0.1, 0.15) is 0 Å². The molecule has 0 fully saturated rings. The van der Waals surface area contributed by atoms with Crippen LogP contribution in [-0.2, 0) is 4.74 Å². The minimum atomic E-state index is 0.314. The van der Waals surface area contributed by atoms with Gasteiger partial charge in [-0.25, -0.2) is 4.72 Å². The molecule has 0 heterocycles. The molecule has 0 saturated heterocycles. The molecule has 0 saturated carbocycles. The predicted molar refractivity (Wildman–Crippen MR) is 40.9 cm³/mol. The van der Waals surface area contributed by atoms with Crippen LogP contribution in [0.1, 0.15) is 13.8 Å². The van der Waals surface area contributed by atoms with Crippen molar-refractivity contribution in [3.63, 3.8) is 0 Å². The number of nitrogens with one attached hydrogen (secondary N) is 1. The second-order valence-corrected chi connectivity index (χ2v) is 2.46. The zero-order valence-corrected chi connectivity index (χ0v) is 6.70. The highest BCUT2D eigenvalue weighted by atomic mass is 32.2. The Labute approximate surface area is 60.6 Å². The van der Waals surface area contributed by atoms with Gasteiger partial charge in [0, 0.05) is 18.7 Å². The number of hydrogen-bond donors (Lipinski definition) is 2. The minimum absolute atomic E-state index is 0.314. The number of nitrogens with two attached hydrogens (primary N) is 1. The van der Waals surface area contributed by atoms with Gasteiger partial charge in [-0.3, -0.25) is 5.14 Å². The van der Waals surface area contributed by atoms with Gasteiger partial charge in [0.25, 0.3) is 0 Å². The highest BCUT2D eigenvalue weighted by molar-refractivity contribution is 7.95. The Kier molecular flexibility index (Phi) is 6.51. The summed E-state index contributed by atoms with van der Waals surface area (Å²) in [6.07, 6.45) is 0.314. The summed E-state index contributed by atoms with van der Waals surface area (Å²) in [6, 6.07) is 0. The maximum absolute atomic E-state index is 5.21. The van der Waals surface area contributed by atoms with Crippen LogP contribution in [0.25, 0.3) is 0 Å². The van der Waals surface area contributed by atoms with Gasteiger partial charge in [0.15, 0.2) is 0 Å². The molecular weight excluding hydrogens is 136 g/mol. The van der Waals surface area contributed by atoms with Gasteiger partial charge in [-0.2, -0.15) is 0 Å². The minimum Gasteiger partial charge on any atom is -0.377 e. The third kappa shape index (κ3) is 8.23. The fourth-order valence-corrected chi connectivity index (χ4v) is 0.596. The van der Waals surface area contributed by atoms with E-state index in [4.69, 9.17) is 9.88 Å². The van der Waals surface area contributed by atoms with Crippen molar-refractivity contribution in [3.8, 4) is 0 Å². The summed E-state index contributed by atoms with van der Waals surface area (Å²) in [5.41, 5.74) is 0. The Morgan fingerprint density at radius 3 is 2.78 bits per heavy atom. The fraction of sp³-hybridized carbons (Fsp3) is 1.00. The van der Waals surface area contributed by atoms with Crippen LogP contribution in [0.2, 0.25) is 0 Å². The molecule has 0 aliphatic rings. The van der Waals surface area contributed by atoms with Crippen molar-refractivity contribution in [2.45, 2.75) is 20.0 Å². The molecule has 3 nitrogen and oxygen atoms in total. The van der Waals surface area contributed by atoms with Crippen molar-refractivity contribution in [1.82, 2.24) is 4.72 Å². The molecule has 0 aliphatic heterocycles. The van der Waals surface area contributed by atoms with Gasteiger partial charge in [-0.05, 0) is 13.8 Å². The van der Waals surface area contributed by atoms with Crippen molar-refractivity contribution in [3.05, 3.63) is 0 Å². The topological polar surface area (TPSA) is 47.3 Å². The van der Waals surface area contributed by atoms with E-state index in [1.165, 1.54) is 0 Å². The zero-order valence-electron chi connectivity index (χ0n) is 5.89. The molecule has 3 N–H and O–H groups in total. The molecular formula is C5H14N2OS. The lowest BCUT2D eigenvalue weighted by Crippen LogP contribution is -2.16. The largest absolute Gasteiger partial charge is 0.377 e. The van der Waals surface area contributed by atoms with Crippen molar-refractivity contribution < 1.29 is 4.74 Å².